The van der Waals surface area contributed by atoms with Crippen molar-refractivity contribution in [2.24, 2.45) is 0 Å². The zero-order valence-corrected chi connectivity index (χ0v) is 35.5. The molecular weight excluding hydrogens is 715 g/mol. The number of hydrogen-bond acceptors (Lipinski definition) is 0. The van der Waals surface area contributed by atoms with Crippen molar-refractivity contribution >= 4 is 74.2 Å². The summed E-state index contributed by atoms with van der Waals surface area (Å²) in [5.74, 6) is 0. The molecule has 1 aliphatic heterocycles. The molecule has 2 radical (unpaired) electrons. The van der Waals surface area contributed by atoms with Crippen LogP contribution in [0.1, 0.15) is 38.8 Å². The van der Waals surface area contributed by atoms with Gasteiger partial charge in [-0.1, -0.05) is 142 Å². The van der Waals surface area contributed by atoms with Crippen molar-refractivity contribution in [3.05, 3.63) is 102 Å². The molecule has 0 aliphatic carbocycles. The minimum absolute atomic E-state index is 0.173. The molecule has 0 amide bonds. The van der Waals surface area contributed by atoms with E-state index in [1.807, 2.05) is 6.07 Å². The molecular formula is C39H46Cl2Si3Zr. The fourth-order valence-corrected chi connectivity index (χ4v) is 9.57. The van der Waals surface area contributed by atoms with Gasteiger partial charge in [-0.3, -0.25) is 0 Å². The van der Waals surface area contributed by atoms with Crippen molar-refractivity contribution in [1.29, 1.82) is 0 Å². The molecule has 0 fully saturated rings. The van der Waals surface area contributed by atoms with E-state index >= 15 is 0 Å². The number of fused-ring (bicyclic) bond motifs is 4. The van der Waals surface area contributed by atoms with Gasteiger partial charge in [0.25, 0.3) is 0 Å². The van der Waals surface area contributed by atoms with Crippen molar-refractivity contribution in [2.45, 2.75) is 78.8 Å². The van der Waals surface area contributed by atoms with Gasteiger partial charge in [-0.25, -0.2) is 0 Å². The Kier molecular flexibility index (Phi) is 12.0. The molecule has 1 aliphatic rings. The van der Waals surface area contributed by atoms with Crippen LogP contribution in [0.4, 0.5) is 0 Å². The second-order valence-corrected chi connectivity index (χ2v) is 30.1. The van der Waals surface area contributed by atoms with Crippen LogP contribution in [0.2, 0.25) is 39.3 Å². The van der Waals surface area contributed by atoms with E-state index in [0.29, 0.717) is 0 Å². The quantitative estimate of drug-likeness (QED) is 0.124. The van der Waals surface area contributed by atoms with Gasteiger partial charge >= 0.3 is 37.9 Å². The predicted molar refractivity (Wildman–Crippen MR) is 206 cm³/mol. The van der Waals surface area contributed by atoms with E-state index in [0.717, 1.165) is 15.9 Å². The third-order valence-corrected chi connectivity index (χ3v) is 13.9. The number of aryl methyl sites for hydroxylation is 1. The minimum Gasteiger partial charge on any atom is -0.184 e. The van der Waals surface area contributed by atoms with Crippen LogP contribution in [0, 0.1) is 6.07 Å². The Labute approximate surface area is 295 Å². The minimum atomic E-state index is -1.41. The van der Waals surface area contributed by atoms with Crippen molar-refractivity contribution in [1.82, 2.24) is 0 Å². The Balaban J connectivity index is 0.000000236. The van der Waals surface area contributed by atoms with Gasteiger partial charge in [-0.2, -0.15) is 35.5 Å². The number of hydrogen-bond donors (Lipinski definition) is 0. The molecule has 0 nitrogen and oxygen atoms in total. The van der Waals surface area contributed by atoms with Crippen molar-refractivity contribution in [3.8, 4) is 22.3 Å². The molecule has 232 valence electrons. The van der Waals surface area contributed by atoms with E-state index in [4.69, 9.17) is 17.0 Å². The van der Waals surface area contributed by atoms with E-state index in [1.54, 1.807) is 10.4 Å². The molecule has 0 spiro atoms. The third-order valence-electron chi connectivity index (χ3n) is 8.51. The van der Waals surface area contributed by atoms with Crippen molar-refractivity contribution < 1.29 is 20.8 Å². The summed E-state index contributed by atoms with van der Waals surface area (Å²) >= 11 is -0.826. The van der Waals surface area contributed by atoms with E-state index in [9.17, 15) is 0 Å². The summed E-state index contributed by atoms with van der Waals surface area (Å²) in [4.78, 5) is 0. The molecule has 0 N–H and O–H groups in total. The van der Waals surface area contributed by atoms with Crippen LogP contribution in [-0.4, -0.2) is 25.7 Å². The molecule has 0 unspecified atom stereocenters. The molecule has 5 aromatic carbocycles. The summed E-state index contributed by atoms with van der Waals surface area (Å²) < 4.78 is 0. The predicted octanol–water partition coefficient (Wildman–Crippen LogP) is 9.67. The standard InChI is InChI=1S/C27H39Si2.C12H7Si.2ClH.Zr/c1-11-19-12-13-20-14-22(27(2,3)4)17-25(20)26(19)21-15-23(28(5,6)7)18-24(16-21)29(8,9)10;1-3-7-11-9(5-1)10-6-2-4-8-12(10)13-11;;;/h12-18H,11H2,1-10H3;1-7H;2*1H;/q2*-1;;;+4/p-2. The average Bonchev–Trinajstić information content (AvgIpc) is 3.58. The Bertz CT molecular complexity index is 1690. The second kappa shape index (κ2) is 14.8. The first kappa shape index (κ1) is 36.4. The molecule has 1 heterocycles. The second-order valence-electron chi connectivity index (χ2n) is 15.0. The van der Waals surface area contributed by atoms with E-state index < -0.39 is 37.0 Å². The van der Waals surface area contributed by atoms with Gasteiger partial charge in [0.15, 0.2) is 0 Å². The molecule has 0 saturated heterocycles. The van der Waals surface area contributed by atoms with E-state index in [-0.39, 0.29) is 5.41 Å². The number of rotatable bonds is 4. The summed E-state index contributed by atoms with van der Waals surface area (Å²) in [6.07, 6.45) is 1.07. The molecule has 6 heteroatoms. The smallest absolute Gasteiger partial charge is 0.0920 e. The normalized spacial score (nSPS) is 12.4. The summed E-state index contributed by atoms with van der Waals surface area (Å²) in [6, 6.07) is 35.3. The SMILES string of the molecule is CCc1ccc2[cH-]c(C(C)(C)C)cc2c1-c1cc([Si](C)(C)C)cc([Si](C)(C)C)c1.[Cl][Zr+2][Cl].[c-]1cccc2c1[Si]c1ccccc1-2. The Morgan fingerprint density at radius 3 is 1.98 bits per heavy atom. The largest absolute Gasteiger partial charge is 0.184 e. The van der Waals surface area contributed by atoms with Crippen LogP contribution in [0.25, 0.3) is 33.0 Å². The molecule has 0 bridgehead atoms. The summed E-state index contributed by atoms with van der Waals surface area (Å²) in [5, 5.41) is 8.82. The number of halogens is 2. The third kappa shape index (κ3) is 8.75. The summed E-state index contributed by atoms with van der Waals surface area (Å²) in [7, 11) is 7.85. The van der Waals surface area contributed by atoms with Gasteiger partial charge in [0.1, 0.15) is 0 Å². The van der Waals surface area contributed by atoms with Crippen LogP contribution in [-0.2, 0) is 32.7 Å². The van der Waals surface area contributed by atoms with Crippen LogP contribution in [0.3, 0.4) is 0 Å². The van der Waals surface area contributed by atoms with Gasteiger partial charge in [0.2, 0.25) is 0 Å². The van der Waals surface area contributed by atoms with Crippen molar-refractivity contribution in [3.63, 3.8) is 0 Å². The first-order valence-electron chi connectivity index (χ1n) is 15.8. The van der Waals surface area contributed by atoms with E-state index in [1.165, 1.54) is 54.5 Å². The van der Waals surface area contributed by atoms with Gasteiger partial charge in [0, 0.05) is 0 Å². The maximum atomic E-state index is 4.93. The fraction of sp³-hybridized carbons (Fsp3) is 0.308. The fourth-order valence-electron chi connectivity index (χ4n) is 5.76. The summed E-state index contributed by atoms with van der Waals surface area (Å²) in [5.41, 5.74) is 8.76. The Morgan fingerprint density at radius 1 is 0.800 bits per heavy atom. The van der Waals surface area contributed by atoms with Gasteiger partial charge in [-0.05, 0) is 17.4 Å². The van der Waals surface area contributed by atoms with Gasteiger partial charge in [-0.15, -0.1) is 40.1 Å². The average molecular weight is 761 g/mol. The van der Waals surface area contributed by atoms with Gasteiger partial charge in [0.05, 0.1) is 25.7 Å². The van der Waals surface area contributed by atoms with E-state index in [2.05, 4.69) is 152 Å². The molecule has 0 saturated carbocycles. The maximum absolute atomic E-state index is 4.93. The number of benzene rings is 4. The Morgan fingerprint density at radius 2 is 1.40 bits per heavy atom. The van der Waals surface area contributed by atoms with Gasteiger partial charge < -0.3 is 0 Å². The zero-order chi connectivity index (χ0) is 33.2. The first-order valence-corrected chi connectivity index (χ1v) is 30.1. The zero-order valence-electron chi connectivity index (χ0n) is 28.5. The van der Waals surface area contributed by atoms with Crippen molar-refractivity contribution in [2.75, 3.05) is 0 Å². The van der Waals surface area contributed by atoms with Crippen LogP contribution < -0.4 is 20.7 Å². The topological polar surface area (TPSA) is 0 Å². The Hall–Kier alpha value is -1.40. The molecule has 5 aromatic rings. The molecule has 0 aromatic heterocycles. The molecule has 6 rings (SSSR count). The maximum Gasteiger partial charge on any atom is 0.0920 e. The molecule has 0 atom stereocenters. The summed E-state index contributed by atoms with van der Waals surface area (Å²) in [6.45, 7) is 24.1. The first-order chi connectivity index (χ1) is 21.1. The van der Waals surface area contributed by atoms with Crippen LogP contribution in [0.5, 0.6) is 0 Å². The monoisotopic (exact) mass is 758 g/mol. The van der Waals surface area contributed by atoms with Crippen LogP contribution in [0.15, 0.2) is 84.9 Å². The molecule has 45 heavy (non-hydrogen) atoms. The van der Waals surface area contributed by atoms with Crippen LogP contribution >= 0.6 is 17.0 Å².